The highest BCUT2D eigenvalue weighted by molar-refractivity contribution is 9.10. The molecule has 0 aliphatic rings. The lowest BCUT2D eigenvalue weighted by atomic mass is 10.1. The summed E-state index contributed by atoms with van der Waals surface area (Å²) in [4.78, 5) is 24.3. The zero-order valence-corrected chi connectivity index (χ0v) is 19.7. The molecule has 0 aliphatic carbocycles. The van der Waals surface area contributed by atoms with Crippen LogP contribution >= 0.6 is 27.5 Å². The molecule has 3 rings (SSSR count). The van der Waals surface area contributed by atoms with Crippen LogP contribution in [-0.4, -0.2) is 17.6 Å². The number of hydrogen-bond donors (Lipinski definition) is 0. The summed E-state index contributed by atoms with van der Waals surface area (Å²) in [6, 6.07) is 16.6. The number of pyridine rings is 1. The lowest BCUT2D eigenvalue weighted by Crippen LogP contribution is -2.26. The van der Waals surface area contributed by atoms with Crippen LogP contribution in [0.5, 0.6) is 5.75 Å². The van der Waals surface area contributed by atoms with Crippen LogP contribution in [0.3, 0.4) is 0 Å². The number of methoxy groups -OCH3 is 1. The third kappa shape index (κ3) is 5.77. The Bertz CT molecular complexity index is 1130. The molecule has 0 radical (unpaired) electrons. The van der Waals surface area contributed by atoms with Crippen LogP contribution < -0.4 is 10.3 Å². The van der Waals surface area contributed by atoms with E-state index in [1.165, 1.54) is 12.7 Å². The van der Waals surface area contributed by atoms with Crippen molar-refractivity contribution in [1.82, 2.24) is 4.57 Å². The Labute approximate surface area is 194 Å². The van der Waals surface area contributed by atoms with Crippen molar-refractivity contribution >= 4 is 33.5 Å². The molecule has 5 nitrogen and oxygen atoms in total. The van der Waals surface area contributed by atoms with E-state index in [0.717, 1.165) is 17.7 Å². The van der Waals surface area contributed by atoms with Crippen LogP contribution in [0.15, 0.2) is 63.9 Å². The van der Waals surface area contributed by atoms with Gasteiger partial charge in [0.1, 0.15) is 17.4 Å². The molecule has 162 valence electrons. The molecule has 31 heavy (non-hydrogen) atoms. The van der Waals surface area contributed by atoms with Gasteiger partial charge >= 0.3 is 5.97 Å². The van der Waals surface area contributed by atoms with Crippen molar-refractivity contribution in [3.05, 3.63) is 96.8 Å². The summed E-state index contributed by atoms with van der Waals surface area (Å²) in [5.41, 5.74) is 3.09. The third-order valence-electron chi connectivity index (χ3n) is 4.99. The number of esters is 1. The van der Waals surface area contributed by atoms with E-state index in [1.54, 1.807) is 22.8 Å². The van der Waals surface area contributed by atoms with E-state index < -0.39 is 0 Å². The Balaban J connectivity index is 1.80. The Morgan fingerprint density at radius 1 is 1.10 bits per heavy atom. The number of aromatic nitrogens is 1. The summed E-state index contributed by atoms with van der Waals surface area (Å²) < 4.78 is 13.0. The molecule has 2 aromatic carbocycles. The predicted molar refractivity (Wildman–Crippen MR) is 125 cm³/mol. The third-order valence-corrected chi connectivity index (χ3v) is 5.94. The van der Waals surface area contributed by atoms with E-state index in [9.17, 15) is 9.59 Å². The number of aryl methyl sites for hydroxylation is 2. The van der Waals surface area contributed by atoms with Gasteiger partial charge in [-0.25, -0.2) is 4.79 Å². The zero-order chi connectivity index (χ0) is 22.4. The van der Waals surface area contributed by atoms with E-state index in [-0.39, 0.29) is 23.2 Å². The molecule has 0 bridgehead atoms. The number of nitrogens with zero attached hydrogens (tertiary/aromatic N) is 1. The van der Waals surface area contributed by atoms with Gasteiger partial charge in [-0.1, -0.05) is 42.8 Å². The molecule has 0 saturated carbocycles. The summed E-state index contributed by atoms with van der Waals surface area (Å²) in [6.07, 6.45) is 1.51. The number of carbonyl (C=O) groups excluding carboxylic acids is 1. The van der Waals surface area contributed by atoms with Crippen molar-refractivity contribution < 1.29 is 14.3 Å². The number of benzene rings is 2. The maximum absolute atomic E-state index is 12.8. The van der Waals surface area contributed by atoms with Crippen molar-refractivity contribution in [3.8, 4) is 5.75 Å². The second kappa shape index (κ2) is 10.6. The van der Waals surface area contributed by atoms with Gasteiger partial charge in [0.05, 0.1) is 18.4 Å². The van der Waals surface area contributed by atoms with Gasteiger partial charge in [-0.3, -0.25) is 4.79 Å². The van der Waals surface area contributed by atoms with Gasteiger partial charge in [0, 0.05) is 11.0 Å². The van der Waals surface area contributed by atoms with Gasteiger partial charge in [0.2, 0.25) is 0 Å². The zero-order valence-electron chi connectivity index (χ0n) is 17.4. The van der Waals surface area contributed by atoms with Crippen LogP contribution in [0.1, 0.15) is 34.1 Å². The summed E-state index contributed by atoms with van der Waals surface area (Å²) in [6.45, 7) is 2.73. The number of ether oxygens (including phenoxy) is 2. The van der Waals surface area contributed by atoms with Crippen LogP contribution in [0.2, 0.25) is 5.02 Å². The molecule has 1 aromatic heterocycles. The predicted octanol–water partition coefficient (Wildman–Crippen LogP) is 5.43. The average molecular weight is 505 g/mol. The lowest BCUT2D eigenvalue weighted by Gasteiger charge is -2.16. The van der Waals surface area contributed by atoms with E-state index >= 15 is 0 Å². The normalized spacial score (nSPS) is 10.7. The molecule has 0 amide bonds. The van der Waals surface area contributed by atoms with Crippen molar-refractivity contribution in [2.75, 3.05) is 7.11 Å². The van der Waals surface area contributed by atoms with E-state index in [0.29, 0.717) is 28.7 Å². The highest BCUT2D eigenvalue weighted by Crippen LogP contribution is 2.22. The molecular formula is C24H23BrClNO4. The van der Waals surface area contributed by atoms with E-state index in [1.807, 2.05) is 36.4 Å². The molecule has 1 heterocycles. The molecule has 0 aliphatic heterocycles. The fraction of sp³-hybridized carbons (Fsp3) is 0.250. The largest absolute Gasteiger partial charge is 0.487 e. The lowest BCUT2D eigenvalue weighted by molar-refractivity contribution is 0.0600. The first kappa shape index (κ1) is 23.1. The van der Waals surface area contributed by atoms with Crippen molar-refractivity contribution in [1.29, 1.82) is 0 Å². The topological polar surface area (TPSA) is 57.5 Å². The Morgan fingerprint density at radius 2 is 1.84 bits per heavy atom. The minimum Gasteiger partial charge on any atom is -0.487 e. The van der Waals surface area contributed by atoms with Crippen LogP contribution in [0, 0.1) is 0 Å². The van der Waals surface area contributed by atoms with Gasteiger partial charge in [-0.15, -0.1) is 0 Å². The second-order valence-electron chi connectivity index (χ2n) is 6.97. The number of rotatable bonds is 8. The molecule has 0 fully saturated rings. The summed E-state index contributed by atoms with van der Waals surface area (Å²) in [5, 5.41) is 0.143. The smallest absolute Gasteiger partial charge is 0.337 e. The number of hydrogen-bond acceptors (Lipinski definition) is 4. The Morgan fingerprint density at radius 3 is 2.52 bits per heavy atom. The monoisotopic (exact) mass is 503 g/mol. The summed E-state index contributed by atoms with van der Waals surface area (Å²) in [5.74, 6) is 0.367. The first-order chi connectivity index (χ1) is 14.9. The Kier molecular flexibility index (Phi) is 7.93. The van der Waals surface area contributed by atoms with Gasteiger partial charge in [-0.2, -0.15) is 0 Å². The first-order valence-electron chi connectivity index (χ1n) is 9.89. The second-order valence-corrected chi connectivity index (χ2v) is 8.23. The molecule has 0 spiro atoms. The van der Waals surface area contributed by atoms with Gasteiger partial charge < -0.3 is 14.0 Å². The minimum atomic E-state index is -0.381. The van der Waals surface area contributed by atoms with Crippen LogP contribution in [-0.2, 0) is 30.7 Å². The molecule has 3 aromatic rings. The molecule has 0 N–H and O–H groups in total. The maximum Gasteiger partial charge on any atom is 0.337 e. The molecule has 7 heteroatoms. The van der Waals surface area contributed by atoms with E-state index in [4.69, 9.17) is 21.1 Å². The SMILES string of the molecule is CCc1cccc(OCc2c(Br)cc(Cl)c(=O)n2CCc2ccc(C(=O)OC)cc2)c1. The number of carbonyl (C=O) groups is 1. The van der Waals surface area contributed by atoms with Crippen LogP contribution in [0.25, 0.3) is 0 Å². The van der Waals surface area contributed by atoms with Crippen molar-refractivity contribution in [2.45, 2.75) is 32.9 Å². The van der Waals surface area contributed by atoms with E-state index in [2.05, 4.69) is 22.9 Å². The Hall–Kier alpha value is -2.57. The summed E-state index contributed by atoms with van der Waals surface area (Å²) >= 11 is 9.66. The molecule has 0 atom stereocenters. The minimum absolute atomic E-state index is 0.143. The highest BCUT2D eigenvalue weighted by atomic mass is 79.9. The standard InChI is InChI=1S/C24H23BrClNO4/c1-3-16-5-4-6-19(13-16)31-15-22-20(25)14-21(26)23(28)27(22)12-11-17-7-9-18(10-8-17)24(29)30-2/h4-10,13-14H,3,11-12,15H2,1-2H3. The van der Waals surface area contributed by atoms with Gasteiger partial charge in [0.25, 0.3) is 5.56 Å². The highest BCUT2D eigenvalue weighted by Gasteiger charge is 2.14. The molecule has 0 unspecified atom stereocenters. The fourth-order valence-electron chi connectivity index (χ4n) is 3.19. The number of halogens is 2. The van der Waals surface area contributed by atoms with Gasteiger partial charge in [-0.05, 0) is 70.2 Å². The van der Waals surface area contributed by atoms with Gasteiger partial charge in [0.15, 0.2) is 0 Å². The quantitative estimate of drug-likeness (QED) is 0.384. The first-order valence-corrected chi connectivity index (χ1v) is 11.1. The summed E-state index contributed by atoms with van der Waals surface area (Å²) in [7, 11) is 1.35. The van der Waals surface area contributed by atoms with Crippen molar-refractivity contribution in [3.63, 3.8) is 0 Å². The molecule has 0 saturated heterocycles. The van der Waals surface area contributed by atoms with Crippen LogP contribution in [0.4, 0.5) is 0 Å². The average Bonchev–Trinajstić information content (AvgIpc) is 2.79. The maximum atomic E-state index is 12.8. The van der Waals surface area contributed by atoms with Crippen molar-refractivity contribution in [2.24, 2.45) is 0 Å². The molecular weight excluding hydrogens is 482 g/mol. The fourth-order valence-corrected chi connectivity index (χ4v) is 4.09.